The van der Waals surface area contributed by atoms with Crippen LogP contribution in [0.2, 0.25) is 0 Å². The van der Waals surface area contributed by atoms with Crippen LogP contribution < -0.4 is 9.80 Å². The van der Waals surface area contributed by atoms with Gasteiger partial charge in [0.25, 0.3) is 0 Å². The largest absolute Gasteiger partial charge is 0.488 e. The molecule has 0 aromatic heterocycles. The number of hydrogen-bond donors (Lipinski definition) is 1. The van der Waals surface area contributed by atoms with Crippen LogP contribution in [-0.2, 0) is 17.8 Å². The number of rotatable bonds is 5. The zero-order chi connectivity index (χ0) is 17.7. The van der Waals surface area contributed by atoms with E-state index in [2.05, 4.69) is 27.6 Å². The van der Waals surface area contributed by atoms with Crippen LogP contribution in [-0.4, -0.2) is 18.4 Å². The minimum atomic E-state index is -0.852. The molecule has 0 aliphatic rings. The van der Waals surface area contributed by atoms with Crippen molar-refractivity contribution in [2.45, 2.75) is 26.9 Å². The lowest BCUT2D eigenvalue weighted by molar-refractivity contribution is 0.140. The highest BCUT2D eigenvalue weighted by molar-refractivity contribution is 9.10. The van der Waals surface area contributed by atoms with Crippen molar-refractivity contribution < 1.29 is 19.5 Å². The van der Waals surface area contributed by atoms with Crippen LogP contribution in [0.3, 0.4) is 0 Å². The van der Waals surface area contributed by atoms with Gasteiger partial charge in [0.15, 0.2) is 0 Å². The summed E-state index contributed by atoms with van der Waals surface area (Å²) in [7, 11) is 1.21. The Labute approximate surface area is 149 Å². The summed E-state index contributed by atoms with van der Waals surface area (Å²) < 4.78 is 11.3. The third-order valence-corrected chi connectivity index (χ3v) is 4.36. The molecule has 5 nitrogen and oxygen atoms in total. The normalized spacial score (nSPS) is 10.4. The van der Waals surface area contributed by atoms with Crippen molar-refractivity contribution in [2.75, 3.05) is 12.2 Å². The van der Waals surface area contributed by atoms with Crippen molar-refractivity contribution in [1.82, 2.24) is 0 Å². The number of ether oxygens (including phenoxy) is 2. The fourth-order valence-corrected chi connectivity index (χ4v) is 2.83. The van der Waals surface area contributed by atoms with Crippen LogP contribution in [0.4, 0.5) is 10.5 Å². The average Bonchev–Trinajstić information content (AvgIpc) is 2.59. The van der Waals surface area contributed by atoms with Crippen molar-refractivity contribution in [3.8, 4) is 5.75 Å². The molecule has 0 aliphatic carbocycles. The fourth-order valence-electron chi connectivity index (χ4n) is 2.29. The van der Waals surface area contributed by atoms with Crippen molar-refractivity contribution in [2.24, 2.45) is 0 Å². The topological polar surface area (TPSA) is 59.0 Å². The van der Waals surface area contributed by atoms with Gasteiger partial charge in [0.05, 0.1) is 17.3 Å². The van der Waals surface area contributed by atoms with Crippen LogP contribution in [0.15, 0.2) is 40.9 Å². The molecule has 0 saturated carbocycles. The van der Waals surface area contributed by atoms with Gasteiger partial charge < -0.3 is 9.47 Å². The van der Waals surface area contributed by atoms with Crippen LogP contribution in [0.1, 0.15) is 23.6 Å². The standard InChI is InChI=1S/C18H20BrNO4/c1-4-13-8-9-17(15(19)10-13)24-11-14-12(2)6-5-7-16(14)20(22)18(21)23-3/h5-10,22H,4,11H2,1-3H3. The van der Waals surface area contributed by atoms with E-state index in [0.29, 0.717) is 22.1 Å². The Balaban J connectivity index is 2.25. The lowest BCUT2D eigenvalue weighted by Crippen LogP contribution is -2.28. The molecule has 2 rings (SSSR count). The molecular weight excluding hydrogens is 374 g/mol. The molecule has 0 spiro atoms. The Morgan fingerprint density at radius 1 is 1.29 bits per heavy atom. The van der Waals surface area contributed by atoms with E-state index in [1.807, 2.05) is 31.2 Å². The van der Waals surface area contributed by atoms with E-state index in [1.165, 1.54) is 12.7 Å². The molecule has 0 aliphatic heterocycles. The van der Waals surface area contributed by atoms with E-state index in [4.69, 9.17) is 4.74 Å². The summed E-state index contributed by atoms with van der Waals surface area (Å²) in [5.41, 5.74) is 3.15. The number of methoxy groups -OCH3 is 1. The van der Waals surface area contributed by atoms with Gasteiger partial charge in [-0.05, 0) is 58.6 Å². The molecular formula is C18H20BrNO4. The van der Waals surface area contributed by atoms with Gasteiger partial charge in [-0.25, -0.2) is 4.79 Å². The summed E-state index contributed by atoms with van der Waals surface area (Å²) in [6.45, 7) is 4.19. The maximum absolute atomic E-state index is 11.6. The van der Waals surface area contributed by atoms with Crippen molar-refractivity contribution in [1.29, 1.82) is 0 Å². The molecule has 128 valence electrons. The monoisotopic (exact) mass is 393 g/mol. The first-order valence-corrected chi connectivity index (χ1v) is 8.33. The number of hydroxylamine groups is 1. The van der Waals surface area contributed by atoms with Gasteiger partial charge in [-0.3, -0.25) is 5.21 Å². The van der Waals surface area contributed by atoms with E-state index < -0.39 is 6.09 Å². The predicted octanol–water partition coefficient (Wildman–Crippen LogP) is 4.86. The van der Waals surface area contributed by atoms with Gasteiger partial charge in [0.1, 0.15) is 12.4 Å². The number of amides is 1. The van der Waals surface area contributed by atoms with E-state index in [1.54, 1.807) is 12.1 Å². The number of aryl methyl sites for hydroxylation is 2. The summed E-state index contributed by atoms with van der Waals surface area (Å²) in [6, 6.07) is 11.2. The van der Waals surface area contributed by atoms with Crippen molar-refractivity contribution in [3.05, 3.63) is 57.6 Å². The molecule has 0 saturated heterocycles. The molecule has 6 heteroatoms. The highest BCUT2D eigenvalue weighted by Gasteiger charge is 2.19. The third kappa shape index (κ3) is 4.07. The van der Waals surface area contributed by atoms with E-state index in [-0.39, 0.29) is 6.61 Å². The number of nitrogens with zero attached hydrogens (tertiary/aromatic N) is 1. The Bertz CT molecular complexity index is 733. The molecule has 0 atom stereocenters. The number of benzene rings is 2. The number of carbonyl (C=O) groups excluding carboxylic acids is 1. The minimum absolute atomic E-state index is 0.208. The van der Waals surface area contributed by atoms with Gasteiger partial charge >= 0.3 is 6.09 Å². The highest BCUT2D eigenvalue weighted by Crippen LogP contribution is 2.29. The Hall–Kier alpha value is -2.05. The van der Waals surface area contributed by atoms with E-state index >= 15 is 0 Å². The smallest absolute Gasteiger partial charge is 0.438 e. The van der Waals surface area contributed by atoms with Gasteiger partial charge in [0.2, 0.25) is 0 Å². The van der Waals surface area contributed by atoms with Crippen LogP contribution >= 0.6 is 15.9 Å². The van der Waals surface area contributed by atoms with E-state index in [0.717, 1.165) is 16.5 Å². The molecule has 0 heterocycles. The Morgan fingerprint density at radius 2 is 2.04 bits per heavy atom. The molecule has 1 amide bonds. The molecule has 0 unspecified atom stereocenters. The minimum Gasteiger partial charge on any atom is -0.488 e. The molecule has 2 aromatic carbocycles. The number of carbonyl (C=O) groups is 1. The maximum Gasteiger partial charge on any atom is 0.438 e. The molecule has 0 radical (unpaired) electrons. The van der Waals surface area contributed by atoms with Gasteiger partial charge in [-0.2, -0.15) is 5.06 Å². The number of halogens is 1. The number of hydrogen-bond acceptors (Lipinski definition) is 4. The van der Waals surface area contributed by atoms with Gasteiger partial charge in [0, 0.05) is 5.56 Å². The number of anilines is 1. The van der Waals surface area contributed by atoms with Crippen molar-refractivity contribution in [3.63, 3.8) is 0 Å². The SMILES string of the molecule is CCc1ccc(OCc2c(C)cccc2N(O)C(=O)OC)c(Br)c1. The second-order valence-corrected chi connectivity index (χ2v) is 6.12. The van der Waals surface area contributed by atoms with Gasteiger partial charge in [-0.1, -0.05) is 25.1 Å². The zero-order valence-electron chi connectivity index (χ0n) is 13.9. The average molecular weight is 394 g/mol. The van der Waals surface area contributed by atoms with Crippen LogP contribution in [0, 0.1) is 6.92 Å². The van der Waals surface area contributed by atoms with Crippen LogP contribution in [0.5, 0.6) is 5.75 Å². The molecule has 0 fully saturated rings. The molecule has 0 bridgehead atoms. The van der Waals surface area contributed by atoms with Crippen molar-refractivity contribution >= 4 is 27.7 Å². The fraction of sp³-hybridized carbons (Fsp3) is 0.278. The summed E-state index contributed by atoms with van der Waals surface area (Å²) >= 11 is 3.50. The first-order chi connectivity index (χ1) is 11.5. The second-order valence-electron chi connectivity index (χ2n) is 5.26. The summed E-state index contributed by atoms with van der Waals surface area (Å²) in [5, 5.41) is 10.5. The van der Waals surface area contributed by atoms with E-state index in [9.17, 15) is 10.0 Å². The lowest BCUT2D eigenvalue weighted by Gasteiger charge is -2.19. The maximum atomic E-state index is 11.6. The summed E-state index contributed by atoms with van der Waals surface area (Å²) in [4.78, 5) is 11.6. The quantitative estimate of drug-likeness (QED) is 0.581. The Morgan fingerprint density at radius 3 is 2.67 bits per heavy atom. The third-order valence-electron chi connectivity index (χ3n) is 3.74. The second kappa shape index (κ2) is 8.17. The first kappa shape index (κ1) is 18.3. The molecule has 1 N–H and O–H groups in total. The Kier molecular flexibility index (Phi) is 6.23. The summed E-state index contributed by atoms with van der Waals surface area (Å²) in [5.74, 6) is 0.698. The zero-order valence-corrected chi connectivity index (χ0v) is 15.5. The highest BCUT2D eigenvalue weighted by atomic mass is 79.9. The first-order valence-electron chi connectivity index (χ1n) is 7.54. The predicted molar refractivity (Wildman–Crippen MR) is 95.7 cm³/mol. The summed E-state index contributed by atoms with van der Waals surface area (Å²) in [6.07, 6.45) is 0.0923. The van der Waals surface area contributed by atoms with Crippen LogP contribution in [0.25, 0.3) is 0 Å². The molecule has 24 heavy (non-hydrogen) atoms. The van der Waals surface area contributed by atoms with Gasteiger partial charge in [-0.15, -0.1) is 0 Å². The lowest BCUT2D eigenvalue weighted by atomic mass is 10.1. The molecule has 2 aromatic rings.